The molecule has 106 valence electrons. The topological polar surface area (TPSA) is 29.6 Å². The molecule has 0 amide bonds. The Morgan fingerprint density at radius 1 is 1.00 bits per heavy atom. The molecule has 2 nitrogen and oxygen atoms in total. The number of epoxide rings is 1. The lowest BCUT2D eigenvalue weighted by molar-refractivity contribution is -0.127. The third-order valence-corrected chi connectivity index (χ3v) is 3.67. The lowest BCUT2D eigenvalue weighted by Crippen LogP contribution is -2.26. The Labute approximate surface area is 112 Å². The van der Waals surface area contributed by atoms with Gasteiger partial charge in [0.1, 0.15) is 6.10 Å². The summed E-state index contributed by atoms with van der Waals surface area (Å²) in [5, 5.41) is 0. The van der Waals surface area contributed by atoms with Crippen LogP contribution in [0.3, 0.4) is 0 Å². The molecule has 0 saturated carbocycles. The van der Waals surface area contributed by atoms with Crippen LogP contribution >= 0.6 is 0 Å². The van der Waals surface area contributed by atoms with Crippen molar-refractivity contribution in [1.29, 1.82) is 0 Å². The molecule has 1 rings (SSSR count). The number of ketones is 1. The largest absolute Gasteiger partial charge is 0.361 e. The maximum Gasteiger partial charge on any atom is 0.169 e. The van der Waals surface area contributed by atoms with Gasteiger partial charge in [0.2, 0.25) is 0 Å². The van der Waals surface area contributed by atoms with E-state index in [9.17, 15) is 4.79 Å². The van der Waals surface area contributed by atoms with Crippen LogP contribution < -0.4 is 0 Å². The first-order valence-electron chi connectivity index (χ1n) is 7.66. The van der Waals surface area contributed by atoms with Crippen molar-refractivity contribution in [3.8, 4) is 0 Å². The second-order valence-electron chi connectivity index (χ2n) is 6.62. The van der Waals surface area contributed by atoms with Gasteiger partial charge in [0.15, 0.2) is 5.78 Å². The molecule has 0 aromatic rings. The highest BCUT2D eigenvalue weighted by molar-refractivity contribution is 5.90. The van der Waals surface area contributed by atoms with Gasteiger partial charge in [-0.1, -0.05) is 72.6 Å². The van der Waals surface area contributed by atoms with Crippen molar-refractivity contribution in [2.45, 2.75) is 91.3 Å². The van der Waals surface area contributed by atoms with Crippen molar-refractivity contribution in [3.05, 3.63) is 0 Å². The molecule has 0 aromatic heterocycles. The summed E-state index contributed by atoms with van der Waals surface area (Å²) in [7, 11) is 0. The lowest BCUT2D eigenvalue weighted by Gasteiger charge is -2.14. The summed E-state index contributed by atoms with van der Waals surface area (Å²) in [6.45, 7) is 8.17. The minimum atomic E-state index is -0.250. The normalized spacial score (nSPS) is 23.1. The molecule has 1 aliphatic heterocycles. The van der Waals surface area contributed by atoms with Gasteiger partial charge in [0.05, 0.1) is 6.10 Å². The highest BCUT2D eigenvalue weighted by Gasteiger charge is 2.47. The number of Topliss-reactive ketones (excluding diaryl/α,β-unsaturated/α-hetero) is 1. The second kappa shape index (κ2) is 7.28. The fraction of sp³-hybridized carbons (Fsp3) is 0.938. The van der Waals surface area contributed by atoms with E-state index in [2.05, 4.69) is 6.92 Å². The van der Waals surface area contributed by atoms with Crippen LogP contribution in [0, 0.1) is 5.41 Å². The molecule has 0 N–H and O–H groups in total. The molecular weight excluding hydrogens is 224 g/mol. The number of carbonyl (C=O) groups is 1. The zero-order valence-electron chi connectivity index (χ0n) is 12.6. The van der Waals surface area contributed by atoms with Gasteiger partial charge in [-0.25, -0.2) is 0 Å². The summed E-state index contributed by atoms with van der Waals surface area (Å²) in [6.07, 6.45) is 10.5. The third kappa shape index (κ3) is 5.51. The molecular formula is C16H30O2. The maximum absolute atomic E-state index is 11.9. The monoisotopic (exact) mass is 254 g/mol. The Balaban J connectivity index is 1.98. The van der Waals surface area contributed by atoms with Crippen LogP contribution in [0.5, 0.6) is 0 Å². The molecule has 2 heteroatoms. The molecule has 0 aromatic carbocycles. The smallest absolute Gasteiger partial charge is 0.169 e. The van der Waals surface area contributed by atoms with Crippen molar-refractivity contribution >= 4 is 5.78 Å². The zero-order valence-corrected chi connectivity index (χ0v) is 12.6. The molecule has 0 bridgehead atoms. The van der Waals surface area contributed by atoms with E-state index in [1.807, 2.05) is 20.8 Å². The summed E-state index contributed by atoms with van der Waals surface area (Å²) in [4.78, 5) is 11.9. The van der Waals surface area contributed by atoms with Crippen LogP contribution in [0.15, 0.2) is 0 Å². The number of ether oxygens (including phenoxy) is 1. The van der Waals surface area contributed by atoms with Gasteiger partial charge in [-0.2, -0.15) is 0 Å². The van der Waals surface area contributed by atoms with Crippen LogP contribution in [0.1, 0.15) is 79.1 Å². The van der Waals surface area contributed by atoms with Crippen molar-refractivity contribution in [2.24, 2.45) is 5.41 Å². The summed E-state index contributed by atoms with van der Waals surface area (Å²) in [5.41, 5.74) is -0.250. The van der Waals surface area contributed by atoms with Gasteiger partial charge in [0.25, 0.3) is 0 Å². The Bertz CT molecular complexity index is 252. The fourth-order valence-corrected chi connectivity index (χ4v) is 2.32. The third-order valence-electron chi connectivity index (χ3n) is 3.67. The Morgan fingerprint density at radius 2 is 1.56 bits per heavy atom. The van der Waals surface area contributed by atoms with Gasteiger partial charge in [0, 0.05) is 5.41 Å². The lowest BCUT2D eigenvalue weighted by atomic mass is 9.87. The molecule has 1 heterocycles. The van der Waals surface area contributed by atoms with Gasteiger partial charge in [-0.05, 0) is 6.42 Å². The highest BCUT2D eigenvalue weighted by atomic mass is 16.6. The van der Waals surface area contributed by atoms with E-state index < -0.39 is 0 Å². The quantitative estimate of drug-likeness (QED) is 0.447. The Hall–Kier alpha value is -0.370. The van der Waals surface area contributed by atoms with Crippen molar-refractivity contribution in [3.63, 3.8) is 0 Å². The van der Waals surface area contributed by atoms with E-state index in [0.29, 0.717) is 0 Å². The summed E-state index contributed by atoms with van der Waals surface area (Å²) in [6, 6.07) is 0. The predicted octanol–water partition coefficient (Wildman–Crippen LogP) is 4.51. The first kappa shape index (κ1) is 15.7. The van der Waals surface area contributed by atoms with E-state index in [4.69, 9.17) is 4.74 Å². The number of unbranched alkanes of at least 4 members (excludes halogenated alkanes) is 6. The van der Waals surface area contributed by atoms with Crippen LogP contribution in [-0.2, 0) is 9.53 Å². The standard InChI is InChI=1S/C16H30O2/c1-5-6-7-8-9-10-11-12-13-14(18-13)15(17)16(2,3)4/h13-14H,5-12H2,1-4H3/t13-,14+/m1/s1. The van der Waals surface area contributed by atoms with E-state index in [-0.39, 0.29) is 23.4 Å². The molecule has 18 heavy (non-hydrogen) atoms. The van der Waals surface area contributed by atoms with Crippen molar-refractivity contribution < 1.29 is 9.53 Å². The van der Waals surface area contributed by atoms with E-state index in [0.717, 1.165) is 6.42 Å². The minimum absolute atomic E-state index is 0.0925. The average Bonchev–Trinajstić information content (AvgIpc) is 3.05. The van der Waals surface area contributed by atoms with Crippen LogP contribution in [0.4, 0.5) is 0 Å². The molecule has 2 atom stereocenters. The van der Waals surface area contributed by atoms with Crippen LogP contribution in [0.25, 0.3) is 0 Å². The van der Waals surface area contributed by atoms with Crippen LogP contribution in [-0.4, -0.2) is 18.0 Å². The van der Waals surface area contributed by atoms with E-state index in [1.54, 1.807) is 0 Å². The van der Waals surface area contributed by atoms with Gasteiger partial charge in [-0.15, -0.1) is 0 Å². The first-order chi connectivity index (χ1) is 8.46. The molecule has 1 saturated heterocycles. The fourth-order valence-electron chi connectivity index (χ4n) is 2.32. The number of carbonyl (C=O) groups excluding carboxylic acids is 1. The maximum atomic E-state index is 11.9. The summed E-state index contributed by atoms with van der Waals surface area (Å²) >= 11 is 0. The van der Waals surface area contributed by atoms with E-state index >= 15 is 0 Å². The second-order valence-corrected chi connectivity index (χ2v) is 6.62. The number of rotatable bonds is 9. The summed E-state index contributed by atoms with van der Waals surface area (Å²) in [5.74, 6) is 0.274. The van der Waals surface area contributed by atoms with Gasteiger partial charge in [-0.3, -0.25) is 4.79 Å². The minimum Gasteiger partial charge on any atom is -0.361 e. The Kier molecular flexibility index (Phi) is 6.34. The number of hydrogen-bond donors (Lipinski definition) is 0. The molecule has 0 radical (unpaired) electrons. The SMILES string of the molecule is CCCCCCCCC[C@H]1O[C@@H]1C(=O)C(C)(C)C. The molecule has 1 fully saturated rings. The Morgan fingerprint density at radius 3 is 2.11 bits per heavy atom. The average molecular weight is 254 g/mol. The van der Waals surface area contributed by atoms with Gasteiger partial charge < -0.3 is 4.74 Å². The zero-order chi connectivity index (χ0) is 13.6. The number of hydrogen-bond acceptors (Lipinski definition) is 2. The molecule has 0 aliphatic carbocycles. The first-order valence-corrected chi connectivity index (χ1v) is 7.66. The predicted molar refractivity (Wildman–Crippen MR) is 75.7 cm³/mol. The molecule has 0 unspecified atom stereocenters. The summed E-state index contributed by atoms with van der Waals surface area (Å²) < 4.78 is 5.50. The van der Waals surface area contributed by atoms with Gasteiger partial charge >= 0.3 is 0 Å². The van der Waals surface area contributed by atoms with Crippen molar-refractivity contribution in [1.82, 2.24) is 0 Å². The highest BCUT2D eigenvalue weighted by Crippen LogP contribution is 2.33. The molecule has 0 spiro atoms. The van der Waals surface area contributed by atoms with Crippen molar-refractivity contribution in [2.75, 3.05) is 0 Å². The van der Waals surface area contributed by atoms with Crippen LogP contribution in [0.2, 0.25) is 0 Å². The molecule has 1 aliphatic rings. The van der Waals surface area contributed by atoms with E-state index in [1.165, 1.54) is 44.9 Å².